The molecule has 0 aliphatic carbocycles. The fourth-order valence-corrected chi connectivity index (χ4v) is 10.1. The molecule has 2 aromatic heterocycles. The van der Waals surface area contributed by atoms with Crippen molar-refractivity contribution in [1.29, 1.82) is 0 Å². The molecule has 0 spiro atoms. The van der Waals surface area contributed by atoms with Gasteiger partial charge in [0, 0.05) is 0 Å². The number of rotatable bonds is 9. The maximum Gasteiger partial charge on any atom is 0.106 e. The van der Waals surface area contributed by atoms with Crippen LogP contribution in [0, 0.1) is 0 Å². The van der Waals surface area contributed by atoms with Gasteiger partial charge in [-0.2, -0.15) is 0 Å². The number of aromatic nitrogens is 2. The predicted molar refractivity (Wildman–Crippen MR) is 237 cm³/mol. The first-order valence-corrected chi connectivity index (χ1v) is 20.6. The summed E-state index contributed by atoms with van der Waals surface area (Å²) in [4.78, 5) is 10.4. The first-order valence-electron chi connectivity index (χ1n) is 19.0. The molecular weight excluding hydrogens is 717 g/mol. The van der Waals surface area contributed by atoms with E-state index < -0.39 is 0 Å². The average molecular weight is 753 g/mol. The Hall–Kier alpha value is -6.46. The summed E-state index contributed by atoms with van der Waals surface area (Å²) in [6.45, 7) is 0. The fourth-order valence-electron chi connectivity index (χ4n) is 7.73. The molecule has 0 saturated heterocycles. The van der Waals surface area contributed by atoms with E-state index in [1.807, 2.05) is 0 Å². The highest BCUT2D eigenvalue weighted by Crippen LogP contribution is 2.41. The third kappa shape index (κ3) is 6.75. The quantitative estimate of drug-likeness (QED) is 0.147. The van der Waals surface area contributed by atoms with Crippen molar-refractivity contribution in [3.63, 3.8) is 0 Å². The summed E-state index contributed by atoms with van der Waals surface area (Å²) in [5.74, 6) is 0.0730. The Labute approximate surface area is 335 Å². The Balaban J connectivity index is 0.960. The van der Waals surface area contributed by atoms with Crippen LogP contribution in [0.25, 0.3) is 53.8 Å². The van der Waals surface area contributed by atoms with Gasteiger partial charge in [-0.3, -0.25) is 0 Å². The number of benzene rings is 8. The smallest absolute Gasteiger partial charge is 0.106 e. The molecule has 0 saturated carbocycles. The minimum atomic E-state index is 0.0365. The maximum atomic E-state index is 5.20. The van der Waals surface area contributed by atoms with Crippen LogP contribution in [-0.2, 0) is 0 Å². The summed E-state index contributed by atoms with van der Waals surface area (Å²) in [6, 6.07) is 74.1. The lowest BCUT2D eigenvalue weighted by Crippen LogP contribution is -2.03. The van der Waals surface area contributed by atoms with Crippen molar-refractivity contribution in [1.82, 2.24) is 9.97 Å². The van der Waals surface area contributed by atoms with Crippen LogP contribution in [0.1, 0.15) is 44.1 Å². The Morgan fingerprint density at radius 1 is 0.286 bits per heavy atom. The van der Waals surface area contributed by atoms with Crippen molar-refractivity contribution in [2.75, 3.05) is 0 Å². The summed E-state index contributed by atoms with van der Waals surface area (Å²) in [5, 5.41) is 2.21. The monoisotopic (exact) mass is 752 g/mol. The second-order valence-corrected chi connectivity index (χ2v) is 16.3. The molecule has 10 rings (SSSR count). The zero-order valence-corrected chi connectivity index (χ0v) is 32.1. The minimum absolute atomic E-state index is 0.0365. The van der Waals surface area contributed by atoms with Crippen LogP contribution < -0.4 is 0 Å². The lowest BCUT2D eigenvalue weighted by atomic mass is 9.89. The highest BCUT2D eigenvalue weighted by molar-refractivity contribution is 7.19. The zero-order valence-electron chi connectivity index (χ0n) is 30.5. The van der Waals surface area contributed by atoms with Gasteiger partial charge in [0.15, 0.2) is 0 Å². The second-order valence-electron chi connectivity index (χ2n) is 14.1. The number of nitrogens with zero attached hydrogens (tertiary/aromatic N) is 2. The van der Waals surface area contributed by atoms with Gasteiger partial charge in [0.2, 0.25) is 0 Å². The van der Waals surface area contributed by atoms with E-state index in [4.69, 9.17) is 9.97 Å². The van der Waals surface area contributed by atoms with Gasteiger partial charge in [0.25, 0.3) is 0 Å². The molecule has 0 amide bonds. The van der Waals surface area contributed by atoms with E-state index in [0.29, 0.717) is 0 Å². The van der Waals surface area contributed by atoms with Gasteiger partial charge in [-0.25, -0.2) is 9.97 Å². The van der Waals surface area contributed by atoms with Gasteiger partial charge in [-0.1, -0.05) is 182 Å². The Morgan fingerprint density at radius 3 is 0.964 bits per heavy atom. The van der Waals surface area contributed by atoms with Crippen LogP contribution in [0.4, 0.5) is 0 Å². The van der Waals surface area contributed by atoms with Gasteiger partial charge >= 0.3 is 0 Å². The van der Waals surface area contributed by atoms with E-state index in [-0.39, 0.29) is 11.8 Å². The molecule has 2 atom stereocenters. The van der Waals surface area contributed by atoms with Crippen LogP contribution >= 0.6 is 22.7 Å². The molecule has 0 N–H and O–H groups in total. The van der Waals surface area contributed by atoms with Crippen LogP contribution in [0.15, 0.2) is 206 Å². The van der Waals surface area contributed by atoms with Gasteiger partial charge in [-0.15, -0.1) is 22.7 Å². The van der Waals surface area contributed by atoms with E-state index in [2.05, 4.69) is 206 Å². The largest absolute Gasteiger partial charge is 0.240 e. The molecule has 0 aliphatic rings. The molecule has 0 aliphatic heterocycles. The number of thiazole rings is 2. The third-order valence-electron chi connectivity index (χ3n) is 10.6. The summed E-state index contributed by atoms with van der Waals surface area (Å²) in [7, 11) is 0. The van der Waals surface area contributed by atoms with E-state index in [0.717, 1.165) is 21.0 Å². The molecule has 8 aromatic carbocycles. The van der Waals surface area contributed by atoms with Crippen molar-refractivity contribution in [2.45, 2.75) is 11.8 Å². The Kier molecular flexibility index (Phi) is 9.12. The second kappa shape index (κ2) is 15.0. The lowest BCUT2D eigenvalue weighted by molar-refractivity contribution is 0.961. The molecule has 4 heteroatoms. The number of fused-ring (bicyclic) bond motifs is 2. The molecule has 2 unspecified atom stereocenters. The Morgan fingerprint density at radius 2 is 0.589 bits per heavy atom. The van der Waals surface area contributed by atoms with Crippen molar-refractivity contribution in [3.8, 4) is 33.4 Å². The summed E-state index contributed by atoms with van der Waals surface area (Å²) >= 11 is 3.58. The highest BCUT2D eigenvalue weighted by Gasteiger charge is 2.23. The van der Waals surface area contributed by atoms with Crippen molar-refractivity contribution >= 4 is 43.1 Å². The van der Waals surface area contributed by atoms with E-state index in [9.17, 15) is 0 Å². The average Bonchev–Trinajstić information content (AvgIpc) is 3.89. The molecule has 0 bridgehead atoms. The predicted octanol–water partition coefficient (Wildman–Crippen LogP) is 14.3. The van der Waals surface area contributed by atoms with E-state index >= 15 is 0 Å². The molecule has 2 nitrogen and oxygen atoms in total. The summed E-state index contributed by atoms with van der Waals surface area (Å²) in [5.41, 5.74) is 14.3. The van der Waals surface area contributed by atoms with Crippen molar-refractivity contribution < 1.29 is 0 Å². The summed E-state index contributed by atoms with van der Waals surface area (Å²) in [6.07, 6.45) is 0. The standard InChI is InChI=1S/C52H36N2S2/c1-5-13-35(14-6-1)43-29-31-45-47(33-43)55-51(53-45)49(39-17-9-3-10-18-39)41-25-21-37(22-26-41)38-23-27-42(28-24-38)50(40-19-11-4-12-20-40)52-54-46-32-30-44(34-48(46)56-52)36-15-7-2-8-16-36/h1-34,49-50H. The molecular formula is C52H36N2S2. The number of hydrogen-bond donors (Lipinski definition) is 0. The molecule has 266 valence electrons. The van der Waals surface area contributed by atoms with Gasteiger partial charge in [0.05, 0.1) is 32.3 Å². The molecule has 0 radical (unpaired) electrons. The summed E-state index contributed by atoms with van der Waals surface area (Å²) < 4.78 is 2.41. The maximum absolute atomic E-state index is 5.20. The third-order valence-corrected chi connectivity index (χ3v) is 12.8. The molecule has 2 heterocycles. The molecule has 0 fully saturated rings. The van der Waals surface area contributed by atoms with Crippen LogP contribution in [0.3, 0.4) is 0 Å². The van der Waals surface area contributed by atoms with Crippen LogP contribution in [0.5, 0.6) is 0 Å². The van der Waals surface area contributed by atoms with Gasteiger partial charge in [-0.05, 0) is 79.9 Å². The van der Waals surface area contributed by atoms with Gasteiger partial charge < -0.3 is 0 Å². The fraction of sp³-hybridized carbons (Fsp3) is 0.0385. The number of hydrogen-bond acceptors (Lipinski definition) is 4. The highest BCUT2D eigenvalue weighted by atomic mass is 32.1. The lowest BCUT2D eigenvalue weighted by Gasteiger charge is -2.17. The topological polar surface area (TPSA) is 25.8 Å². The van der Waals surface area contributed by atoms with E-state index in [1.165, 1.54) is 65.0 Å². The minimum Gasteiger partial charge on any atom is -0.240 e. The van der Waals surface area contributed by atoms with Crippen LogP contribution in [-0.4, -0.2) is 9.97 Å². The first kappa shape index (κ1) is 34.1. The zero-order chi connectivity index (χ0) is 37.3. The SMILES string of the molecule is c1ccc(-c2ccc3nc(C(c4ccccc4)c4ccc(-c5ccc(C(c6ccccc6)c6nc7ccc(-c8ccccc8)cc7s6)cc5)cc4)sc3c2)cc1. The van der Waals surface area contributed by atoms with Crippen LogP contribution in [0.2, 0.25) is 0 Å². The van der Waals surface area contributed by atoms with Gasteiger partial charge in [0.1, 0.15) is 10.0 Å². The van der Waals surface area contributed by atoms with E-state index in [1.54, 1.807) is 22.7 Å². The molecule has 56 heavy (non-hydrogen) atoms. The normalized spacial score (nSPS) is 12.5. The van der Waals surface area contributed by atoms with Crippen molar-refractivity contribution in [3.05, 3.63) is 239 Å². The van der Waals surface area contributed by atoms with Crippen molar-refractivity contribution in [2.24, 2.45) is 0 Å². The first-order chi connectivity index (χ1) is 27.7. The Bertz CT molecular complexity index is 2680. The molecule has 10 aromatic rings.